The molecule has 0 aliphatic heterocycles. The van der Waals surface area contributed by atoms with E-state index in [0.29, 0.717) is 6.54 Å². The van der Waals surface area contributed by atoms with Crippen LogP contribution in [0.15, 0.2) is 12.3 Å². The van der Waals surface area contributed by atoms with Gasteiger partial charge in [0, 0.05) is 12.7 Å². The highest BCUT2D eigenvalue weighted by molar-refractivity contribution is 5.89. The zero-order chi connectivity index (χ0) is 10.0. The van der Waals surface area contributed by atoms with Crippen LogP contribution in [-0.4, -0.2) is 15.6 Å². The van der Waals surface area contributed by atoms with E-state index in [-0.39, 0.29) is 5.56 Å². The number of hydrogen-bond acceptors (Lipinski definition) is 1. The van der Waals surface area contributed by atoms with Crippen molar-refractivity contribution < 1.29 is 18.7 Å². The topological polar surface area (TPSA) is 42.2 Å². The summed E-state index contributed by atoms with van der Waals surface area (Å²) in [6, 6.07) is 1.19. The predicted octanol–water partition coefficient (Wildman–Crippen LogP) is 2.14. The van der Waals surface area contributed by atoms with E-state index in [2.05, 4.69) is 0 Å². The van der Waals surface area contributed by atoms with Crippen LogP contribution < -0.4 is 0 Å². The molecule has 0 aliphatic carbocycles. The number of carbonyl (C=O) groups is 1. The minimum absolute atomic E-state index is 0.322. The van der Waals surface area contributed by atoms with Crippen molar-refractivity contribution >= 4 is 5.97 Å². The van der Waals surface area contributed by atoms with Gasteiger partial charge < -0.3 is 9.67 Å². The molecule has 0 atom stereocenters. The lowest BCUT2D eigenvalue weighted by Gasteiger charge is -2.05. The number of aromatic nitrogens is 1. The molecule has 1 N–H and O–H groups in total. The Bertz CT molecular complexity index is 320. The molecule has 1 heterocycles. The van der Waals surface area contributed by atoms with Crippen molar-refractivity contribution in [3.05, 3.63) is 23.5 Å². The van der Waals surface area contributed by atoms with E-state index < -0.39 is 18.1 Å². The lowest BCUT2D eigenvalue weighted by Crippen LogP contribution is -2.06. The Morgan fingerprint density at radius 1 is 1.69 bits per heavy atom. The lowest BCUT2D eigenvalue weighted by atomic mass is 10.2. The second kappa shape index (κ2) is 3.55. The number of aromatic carboxylic acids is 1. The number of hydrogen-bond donors (Lipinski definition) is 1. The quantitative estimate of drug-likeness (QED) is 0.791. The molecule has 0 amide bonds. The fourth-order valence-corrected chi connectivity index (χ4v) is 1.18. The molecule has 1 aromatic rings. The summed E-state index contributed by atoms with van der Waals surface area (Å²) in [5.41, 5.74) is -0.744. The Kier molecular flexibility index (Phi) is 2.65. The zero-order valence-electron chi connectivity index (χ0n) is 7.00. The Labute approximate surface area is 73.6 Å². The van der Waals surface area contributed by atoms with Crippen molar-refractivity contribution in [1.82, 2.24) is 4.57 Å². The maximum atomic E-state index is 12.4. The highest BCUT2D eigenvalue weighted by Crippen LogP contribution is 2.24. The van der Waals surface area contributed by atoms with E-state index in [9.17, 15) is 13.6 Å². The van der Waals surface area contributed by atoms with E-state index in [1.807, 2.05) is 0 Å². The molecule has 1 rings (SSSR count). The highest BCUT2D eigenvalue weighted by atomic mass is 19.3. The van der Waals surface area contributed by atoms with E-state index in [1.165, 1.54) is 16.8 Å². The maximum Gasteiger partial charge on any atom is 0.337 e. The number of halogens is 2. The largest absolute Gasteiger partial charge is 0.478 e. The molecule has 0 saturated heterocycles. The van der Waals surface area contributed by atoms with Crippen LogP contribution in [0.25, 0.3) is 0 Å². The third-order valence-corrected chi connectivity index (χ3v) is 1.78. The van der Waals surface area contributed by atoms with E-state index in [4.69, 9.17) is 5.11 Å². The van der Waals surface area contributed by atoms with Crippen LogP contribution in [0.3, 0.4) is 0 Å². The molecule has 1 aromatic heterocycles. The Morgan fingerprint density at radius 2 is 2.31 bits per heavy atom. The molecule has 0 fully saturated rings. The smallest absolute Gasteiger partial charge is 0.337 e. The van der Waals surface area contributed by atoms with Crippen molar-refractivity contribution in [3.8, 4) is 0 Å². The van der Waals surface area contributed by atoms with Gasteiger partial charge >= 0.3 is 5.97 Å². The van der Waals surface area contributed by atoms with Crippen LogP contribution in [0.2, 0.25) is 0 Å². The molecule has 3 nitrogen and oxygen atoms in total. The summed E-state index contributed by atoms with van der Waals surface area (Å²) >= 11 is 0. The first-order chi connectivity index (χ1) is 6.07. The van der Waals surface area contributed by atoms with E-state index >= 15 is 0 Å². The SMILES string of the molecule is CCn1ccc(C(=O)O)c1C(F)F. The number of nitrogens with zero attached hydrogens (tertiary/aromatic N) is 1. The molecule has 0 aliphatic rings. The molecule has 0 aromatic carbocycles. The number of alkyl halides is 2. The third kappa shape index (κ3) is 1.68. The van der Waals surface area contributed by atoms with Gasteiger partial charge in [-0.2, -0.15) is 0 Å². The van der Waals surface area contributed by atoms with Crippen molar-refractivity contribution in [2.24, 2.45) is 0 Å². The zero-order valence-corrected chi connectivity index (χ0v) is 7.00. The third-order valence-electron chi connectivity index (χ3n) is 1.78. The average Bonchev–Trinajstić information content (AvgIpc) is 2.46. The Balaban J connectivity index is 3.22. The van der Waals surface area contributed by atoms with Crippen molar-refractivity contribution in [3.63, 3.8) is 0 Å². The number of rotatable bonds is 3. The fraction of sp³-hybridized carbons (Fsp3) is 0.375. The molecule has 0 bridgehead atoms. The molecule has 0 radical (unpaired) electrons. The highest BCUT2D eigenvalue weighted by Gasteiger charge is 2.21. The molecule has 72 valence electrons. The minimum atomic E-state index is -2.75. The summed E-state index contributed by atoms with van der Waals surface area (Å²) < 4.78 is 26.0. The molecule has 5 heteroatoms. The monoisotopic (exact) mass is 189 g/mol. The van der Waals surface area contributed by atoms with Crippen LogP contribution in [0.1, 0.15) is 29.4 Å². The molecular weight excluding hydrogens is 180 g/mol. The van der Waals surface area contributed by atoms with Crippen LogP contribution in [-0.2, 0) is 6.54 Å². The van der Waals surface area contributed by atoms with Gasteiger partial charge in [-0.15, -0.1) is 0 Å². The van der Waals surface area contributed by atoms with Crippen LogP contribution in [0.5, 0.6) is 0 Å². The number of aryl methyl sites for hydroxylation is 1. The maximum absolute atomic E-state index is 12.4. The van der Waals surface area contributed by atoms with Gasteiger partial charge in [0.25, 0.3) is 6.43 Å². The van der Waals surface area contributed by atoms with Crippen LogP contribution >= 0.6 is 0 Å². The summed E-state index contributed by atoms with van der Waals surface area (Å²) in [4.78, 5) is 10.5. The van der Waals surface area contributed by atoms with Gasteiger partial charge in [0.15, 0.2) is 0 Å². The van der Waals surface area contributed by atoms with E-state index in [1.54, 1.807) is 6.92 Å². The minimum Gasteiger partial charge on any atom is -0.478 e. The van der Waals surface area contributed by atoms with Crippen molar-refractivity contribution in [1.29, 1.82) is 0 Å². The van der Waals surface area contributed by atoms with Crippen LogP contribution in [0.4, 0.5) is 8.78 Å². The predicted molar refractivity (Wildman–Crippen MR) is 42.0 cm³/mol. The van der Waals surface area contributed by atoms with Gasteiger partial charge in [0.2, 0.25) is 0 Å². The van der Waals surface area contributed by atoms with Gasteiger partial charge in [-0.3, -0.25) is 0 Å². The fourth-order valence-electron chi connectivity index (χ4n) is 1.18. The van der Waals surface area contributed by atoms with Crippen molar-refractivity contribution in [2.45, 2.75) is 19.9 Å². The Hall–Kier alpha value is -1.39. The normalized spacial score (nSPS) is 10.8. The summed E-state index contributed by atoms with van der Waals surface area (Å²) in [7, 11) is 0. The molecule has 0 unspecified atom stereocenters. The molecule has 13 heavy (non-hydrogen) atoms. The number of carboxylic acids is 1. The average molecular weight is 189 g/mol. The van der Waals surface area contributed by atoms with Gasteiger partial charge in [-0.05, 0) is 13.0 Å². The van der Waals surface area contributed by atoms with Gasteiger partial charge in [-0.1, -0.05) is 0 Å². The van der Waals surface area contributed by atoms with Gasteiger partial charge in [-0.25, -0.2) is 13.6 Å². The number of carboxylic acid groups (broad SMARTS) is 1. The first-order valence-corrected chi connectivity index (χ1v) is 3.78. The summed E-state index contributed by atoms with van der Waals surface area (Å²) in [6.07, 6.45) is -1.40. The van der Waals surface area contributed by atoms with Crippen LogP contribution in [0, 0.1) is 0 Å². The molecule has 0 spiro atoms. The first-order valence-electron chi connectivity index (χ1n) is 3.78. The summed E-state index contributed by atoms with van der Waals surface area (Å²) in [5, 5.41) is 8.58. The molecular formula is C8H9F2NO2. The summed E-state index contributed by atoms with van der Waals surface area (Å²) in [6.45, 7) is 2.02. The first kappa shape index (κ1) is 9.70. The van der Waals surface area contributed by atoms with Crippen molar-refractivity contribution in [2.75, 3.05) is 0 Å². The summed E-state index contributed by atoms with van der Waals surface area (Å²) in [5.74, 6) is -1.32. The standard InChI is InChI=1S/C8H9F2NO2/c1-2-11-4-3-5(8(12)13)6(11)7(9)10/h3-4,7H,2H2,1H3,(H,12,13). The second-order valence-corrected chi connectivity index (χ2v) is 2.51. The molecule has 0 saturated carbocycles. The van der Waals surface area contributed by atoms with Gasteiger partial charge in [0.05, 0.1) is 11.3 Å². The van der Waals surface area contributed by atoms with E-state index in [0.717, 1.165) is 0 Å². The Morgan fingerprint density at radius 3 is 2.69 bits per heavy atom. The second-order valence-electron chi connectivity index (χ2n) is 2.51. The lowest BCUT2D eigenvalue weighted by molar-refractivity contribution is 0.0682. The van der Waals surface area contributed by atoms with Gasteiger partial charge in [0.1, 0.15) is 0 Å².